The van der Waals surface area contributed by atoms with E-state index < -0.39 is 10.0 Å². The fourth-order valence-electron chi connectivity index (χ4n) is 2.35. The van der Waals surface area contributed by atoms with Crippen LogP contribution in [0.15, 0.2) is 66.1 Å². The van der Waals surface area contributed by atoms with Gasteiger partial charge in [0.1, 0.15) is 4.90 Å². The van der Waals surface area contributed by atoms with Crippen LogP contribution >= 0.6 is 0 Å². The Morgan fingerprint density at radius 1 is 1.13 bits per heavy atom. The zero-order chi connectivity index (χ0) is 16.4. The summed E-state index contributed by atoms with van der Waals surface area (Å²) in [7, 11) is -1.90. The van der Waals surface area contributed by atoms with Gasteiger partial charge in [-0.15, -0.1) is 0 Å². The second-order valence-corrected chi connectivity index (χ2v) is 7.09. The monoisotopic (exact) mass is 330 g/mol. The predicted octanol–water partition coefficient (Wildman–Crippen LogP) is 2.25. The third-order valence-electron chi connectivity index (χ3n) is 3.62. The highest BCUT2D eigenvalue weighted by molar-refractivity contribution is 7.89. The maximum absolute atomic E-state index is 12.3. The molecule has 1 atom stereocenters. The molecule has 0 bridgehead atoms. The van der Waals surface area contributed by atoms with Crippen molar-refractivity contribution in [3.8, 4) is 5.69 Å². The minimum atomic E-state index is -3.58. The highest BCUT2D eigenvalue weighted by Gasteiger charge is 2.19. The van der Waals surface area contributed by atoms with Crippen LogP contribution in [0.2, 0.25) is 0 Å². The first-order valence-corrected chi connectivity index (χ1v) is 8.68. The normalized spacial score (nSPS) is 13.1. The van der Waals surface area contributed by atoms with Crippen molar-refractivity contribution in [2.45, 2.75) is 17.9 Å². The van der Waals surface area contributed by atoms with Crippen molar-refractivity contribution in [3.05, 3.63) is 66.7 Å². The number of aromatic nitrogens is 3. The fraction of sp³-hybridized carbons (Fsp3) is 0.188. The molecule has 0 aliphatic carbocycles. The van der Waals surface area contributed by atoms with Gasteiger partial charge in [-0.05, 0) is 36.8 Å². The van der Waals surface area contributed by atoms with Crippen molar-refractivity contribution in [1.29, 1.82) is 0 Å². The van der Waals surface area contributed by atoms with E-state index in [9.17, 15) is 8.42 Å². The van der Waals surface area contributed by atoms with E-state index in [1.54, 1.807) is 7.05 Å². The van der Waals surface area contributed by atoms with E-state index in [1.807, 2.05) is 60.3 Å². The fourth-order valence-corrected chi connectivity index (χ4v) is 3.56. The molecule has 2 aromatic heterocycles. The minimum absolute atomic E-state index is 0.163. The number of benzene rings is 1. The molecule has 1 N–H and O–H groups in total. The lowest BCUT2D eigenvalue weighted by molar-refractivity contribution is 0.567. The summed E-state index contributed by atoms with van der Waals surface area (Å²) in [6.45, 7) is 1.82. The summed E-state index contributed by atoms with van der Waals surface area (Å²) in [5.74, 6) is 0. The molecular formula is C16H18N4O2S. The SMILES string of the molecule is CC(NS(=O)(=O)c1cnn(C)c1)c1ccc(-n2cccc2)cc1. The molecule has 2 heterocycles. The van der Waals surface area contributed by atoms with E-state index in [2.05, 4.69) is 9.82 Å². The van der Waals surface area contributed by atoms with Crippen LogP contribution in [0.5, 0.6) is 0 Å². The van der Waals surface area contributed by atoms with Crippen molar-refractivity contribution in [2.24, 2.45) is 7.05 Å². The van der Waals surface area contributed by atoms with Crippen LogP contribution in [0.3, 0.4) is 0 Å². The Bertz CT molecular complexity index is 881. The number of rotatable bonds is 5. The Hall–Kier alpha value is -2.38. The molecule has 0 saturated carbocycles. The van der Waals surface area contributed by atoms with Gasteiger partial charge in [0, 0.05) is 37.4 Å². The Morgan fingerprint density at radius 3 is 2.35 bits per heavy atom. The molecule has 0 radical (unpaired) electrons. The molecule has 3 aromatic rings. The van der Waals surface area contributed by atoms with E-state index in [4.69, 9.17) is 0 Å². The van der Waals surface area contributed by atoms with Crippen molar-refractivity contribution < 1.29 is 8.42 Å². The van der Waals surface area contributed by atoms with Gasteiger partial charge < -0.3 is 4.57 Å². The number of nitrogens with one attached hydrogen (secondary N) is 1. The number of aryl methyl sites for hydroxylation is 1. The van der Waals surface area contributed by atoms with Crippen molar-refractivity contribution >= 4 is 10.0 Å². The molecule has 0 saturated heterocycles. The van der Waals surface area contributed by atoms with Crippen molar-refractivity contribution in [3.63, 3.8) is 0 Å². The van der Waals surface area contributed by atoms with Gasteiger partial charge in [0.05, 0.1) is 6.20 Å². The van der Waals surface area contributed by atoms with Crippen LogP contribution in [-0.2, 0) is 17.1 Å². The average molecular weight is 330 g/mol. The van der Waals surface area contributed by atoms with Gasteiger partial charge in [0.25, 0.3) is 0 Å². The molecule has 0 fully saturated rings. The summed E-state index contributed by atoms with van der Waals surface area (Å²) in [5.41, 5.74) is 1.93. The number of hydrogen-bond donors (Lipinski definition) is 1. The molecule has 0 amide bonds. The second-order valence-electron chi connectivity index (χ2n) is 5.37. The van der Waals surface area contributed by atoms with Crippen LogP contribution in [0.4, 0.5) is 0 Å². The first-order chi connectivity index (χ1) is 11.0. The first-order valence-electron chi connectivity index (χ1n) is 7.20. The molecule has 6 nitrogen and oxygen atoms in total. The van der Waals surface area contributed by atoms with Gasteiger partial charge in [-0.3, -0.25) is 4.68 Å². The molecule has 1 unspecified atom stereocenters. The van der Waals surface area contributed by atoms with E-state index in [-0.39, 0.29) is 10.9 Å². The van der Waals surface area contributed by atoms with Gasteiger partial charge in [0.2, 0.25) is 10.0 Å². The standard InChI is InChI=1S/C16H18N4O2S/c1-13(18-23(21,22)16-11-17-19(2)12-16)14-5-7-15(8-6-14)20-9-3-4-10-20/h3-13,18H,1-2H3. The first kappa shape index (κ1) is 15.5. The molecular weight excluding hydrogens is 312 g/mol. The van der Waals surface area contributed by atoms with Crippen LogP contribution in [0.1, 0.15) is 18.5 Å². The zero-order valence-corrected chi connectivity index (χ0v) is 13.7. The number of sulfonamides is 1. The Morgan fingerprint density at radius 2 is 1.78 bits per heavy atom. The summed E-state index contributed by atoms with van der Waals surface area (Å²) >= 11 is 0. The molecule has 23 heavy (non-hydrogen) atoms. The smallest absolute Gasteiger partial charge is 0.244 e. The molecule has 0 aliphatic rings. The molecule has 0 aliphatic heterocycles. The second kappa shape index (κ2) is 6.02. The van der Waals surface area contributed by atoms with Crippen LogP contribution in [-0.4, -0.2) is 22.8 Å². The maximum atomic E-state index is 12.3. The molecule has 0 spiro atoms. The van der Waals surface area contributed by atoms with Crippen LogP contribution in [0.25, 0.3) is 5.69 Å². The third kappa shape index (κ3) is 3.35. The Labute approximate surface area is 135 Å². The maximum Gasteiger partial charge on any atom is 0.244 e. The lowest BCUT2D eigenvalue weighted by atomic mass is 10.1. The van der Waals surface area contributed by atoms with Crippen molar-refractivity contribution in [2.75, 3.05) is 0 Å². The molecule has 1 aromatic carbocycles. The topological polar surface area (TPSA) is 68.9 Å². The van der Waals surface area contributed by atoms with Gasteiger partial charge in [0.15, 0.2) is 0 Å². The quantitative estimate of drug-likeness (QED) is 0.780. The van der Waals surface area contributed by atoms with Crippen molar-refractivity contribution in [1.82, 2.24) is 19.1 Å². The van der Waals surface area contributed by atoms with Crippen LogP contribution < -0.4 is 4.72 Å². The Balaban J connectivity index is 1.77. The van der Waals surface area contributed by atoms with E-state index in [1.165, 1.54) is 17.1 Å². The molecule has 7 heteroatoms. The largest absolute Gasteiger partial charge is 0.324 e. The summed E-state index contributed by atoms with van der Waals surface area (Å²) in [4.78, 5) is 0.163. The summed E-state index contributed by atoms with van der Waals surface area (Å²) in [5, 5.41) is 3.90. The molecule has 3 rings (SSSR count). The summed E-state index contributed by atoms with van der Waals surface area (Å²) < 4.78 is 30.8. The lowest BCUT2D eigenvalue weighted by Gasteiger charge is -2.14. The minimum Gasteiger partial charge on any atom is -0.324 e. The lowest BCUT2D eigenvalue weighted by Crippen LogP contribution is -2.26. The zero-order valence-electron chi connectivity index (χ0n) is 12.9. The van der Waals surface area contributed by atoms with E-state index in [0.29, 0.717) is 0 Å². The summed E-state index contributed by atoms with van der Waals surface area (Å²) in [6.07, 6.45) is 6.74. The van der Waals surface area contributed by atoms with Gasteiger partial charge in [-0.1, -0.05) is 12.1 Å². The van der Waals surface area contributed by atoms with E-state index >= 15 is 0 Å². The third-order valence-corrected chi connectivity index (χ3v) is 5.11. The summed E-state index contributed by atoms with van der Waals surface area (Å²) in [6, 6.07) is 11.3. The number of hydrogen-bond acceptors (Lipinski definition) is 3. The number of nitrogens with zero attached hydrogens (tertiary/aromatic N) is 3. The molecule has 120 valence electrons. The highest BCUT2D eigenvalue weighted by atomic mass is 32.2. The average Bonchev–Trinajstić information content (AvgIpc) is 3.18. The Kier molecular flexibility index (Phi) is 4.06. The van der Waals surface area contributed by atoms with Gasteiger partial charge in [-0.2, -0.15) is 5.10 Å². The van der Waals surface area contributed by atoms with Crippen LogP contribution in [0, 0.1) is 0 Å². The highest BCUT2D eigenvalue weighted by Crippen LogP contribution is 2.18. The van der Waals surface area contributed by atoms with E-state index in [0.717, 1.165) is 11.3 Å². The van der Waals surface area contributed by atoms with Gasteiger partial charge in [-0.25, -0.2) is 13.1 Å². The van der Waals surface area contributed by atoms with Gasteiger partial charge >= 0.3 is 0 Å². The predicted molar refractivity (Wildman–Crippen MR) is 87.7 cm³/mol.